The van der Waals surface area contributed by atoms with Gasteiger partial charge in [0, 0.05) is 24.0 Å². The first-order chi connectivity index (χ1) is 10.3. The summed E-state index contributed by atoms with van der Waals surface area (Å²) in [4.78, 5) is 0. The van der Waals surface area contributed by atoms with Crippen LogP contribution >= 0.6 is 0 Å². The Balaban J connectivity index is 1.77. The van der Waals surface area contributed by atoms with Crippen LogP contribution in [-0.4, -0.2) is 24.5 Å². The van der Waals surface area contributed by atoms with Crippen molar-refractivity contribution in [3.63, 3.8) is 0 Å². The fourth-order valence-electron chi connectivity index (χ4n) is 2.20. The van der Waals surface area contributed by atoms with Crippen LogP contribution in [0.3, 0.4) is 0 Å². The summed E-state index contributed by atoms with van der Waals surface area (Å²) in [7, 11) is 0. The van der Waals surface area contributed by atoms with Crippen LogP contribution in [0.2, 0.25) is 0 Å². The van der Waals surface area contributed by atoms with Crippen LogP contribution in [0.1, 0.15) is 25.5 Å². The number of hydrogen-bond acceptors (Lipinski definition) is 4. The first-order valence-electron chi connectivity index (χ1n) is 7.00. The van der Waals surface area contributed by atoms with Crippen LogP contribution < -0.4 is 5.32 Å². The highest BCUT2D eigenvalue weighted by molar-refractivity contribution is 5.52. The Hall–Kier alpha value is -2.63. The Bertz CT molecular complexity index is 701. The molecule has 1 atom stereocenters. The fourth-order valence-corrected chi connectivity index (χ4v) is 2.20. The van der Waals surface area contributed by atoms with E-state index in [0.717, 1.165) is 17.9 Å². The zero-order valence-corrected chi connectivity index (χ0v) is 12.1. The van der Waals surface area contributed by atoms with Gasteiger partial charge in [-0.3, -0.25) is 9.25 Å². The summed E-state index contributed by atoms with van der Waals surface area (Å²) in [5, 5.41) is 15.5. The van der Waals surface area contributed by atoms with E-state index in [9.17, 15) is 0 Å². The third-order valence-corrected chi connectivity index (χ3v) is 3.42. The highest BCUT2D eigenvalue weighted by Gasteiger charge is 2.08. The molecule has 3 rings (SSSR count). The van der Waals surface area contributed by atoms with E-state index in [1.807, 2.05) is 27.6 Å². The lowest BCUT2D eigenvalue weighted by atomic mass is 10.1. The van der Waals surface area contributed by atoms with Crippen molar-refractivity contribution < 1.29 is 0 Å². The van der Waals surface area contributed by atoms with Gasteiger partial charge in [0.1, 0.15) is 12.7 Å². The lowest BCUT2D eigenvalue weighted by Crippen LogP contribution is -2.06. The van der Waals surface area contributed by atoms with Gasteiger partial charge < -0.3 is 5.32 Å². The molecule has 21 heavy (non-hydrogen) atoms. The van der Waals surface area contributed by atoms with Crippen LogP contribution in [0.5, 0.6) is 0 Å². The molecule has 0 radical (unpaired) electrons. The molecule has 108 valence electrons. The lowest BCUT2D eigenvalue weighted by Gasteiger charge is -2.14. The molecule has 2 aromatic heterocycles. The fraction of sp³-hybridized carbons (Fsp3) is 0.267. The van der Waals surface area contributed by atoms with Crippen molar-refractivity contribution in [1.29, 1.82) is 0 Å². The molecule has 0 fully saturated rings. The Kier molecular flexibility index (Phi) is 3.68. The molecule has 0 saturated carbocycles. The van der Waals surface area contributed by atoms with E-state index in [0.29, 0.717) is 0 Å². The Morgan fingerprint density at radius 2 is 2.05 bits per heavy atom. The molecule has 0 bridgehead atoms. The summed E-state index contributed by atoms with van der Waals surface area (Å²) in [6, 6.07) is 8.36. The lowest BCUT2D eigenvalue weighted by molar-refractivity contribution is 0.658. The highest BCUT2D eigenvalue weighted by atomic mass is 15.3. The SMILES string of the molecule is CCn1cc(C(C)Nc2cccc(-n3cnnc3)c2)cn1. The number of aryl methyl sites for hydroxylation is 1. The molecular weight excluding hydrogens is 264 g/mol. The Morgan fingerprint density at radius 1 is 1.24 bits per heavy atom. The van der Waals surface area contributed by atoms with E-state index in [1.165, 1.54) is 5.56 Å². The second-order valence-electron chi connectivity index (χ2n) is 4.91. The molecule has 0 spiro atoms. The number of nitrogens with zero attached hydrogens (tertiary/aromatic N) is 5. The van der Waals surface area contributed by atoms with Crippen molar-refractivity contribution in [2.75, 3.05) is 5.32 Å². The molecule has 1 unspecified atom stereocenters. The molecule has 0 aliphatic rings. The third-order valence-electron chi connectivity index (χ3n) is 3.42. The van der Waals surface area contributed by atoms with Crippen LogP contribution in [0.15, 0.2) is 49.3 Å². The van der Waals surface area contributed by atoms with Crippen molar-refractivity contribution in [2.24, 2.45) is 0 Å². The maximum absolute atomic E-state index is 4.31. The third kappa shape index (κ3) is 2.94. The molecule has 3 aromatic rings. The van der Waals surface area contributed by atoms with Gasteiger partial charge in [-0.2, -0.15) is 5.10 Å². The number of hydrogen-bond donors (Lipinski definition) is 1. The number of aromatic nitrogens is 5. The zero-order valence-electron chi connectivity index (χ0n) is 12.1. The summed E-state index contributed by atoms with van der Waals surface area (Å²) < 4.78 is 3.81. The number of nitrogens with one attached hydrogen (secondary N) is 1. The molecule has 0 amide bonds. The molecular formula is C15H18N6. The van der Waals surface area contributed by atoms with Crippen molar-refractivity contribution in [3.05, 3.63) is 54.9 Å². The van der Waals surface area contributed by atoms with Gasteiger partial charge in [-0.05, 0) is 32.0 Å². The Labute approximate surface area is 123 Å². The van der Waals surface area contributed by atoms with Gasteiger partial charge in [-0.1, -0.05) is 6.07 Å². The van der Waals surface area contributed by atoms with Gasteiger partial charge in [0.25, 0.3) is 0 Å². The molecule has 0 aliphatic heterocycles. The topological polar surface area (TPSA) is 60.6 Å². The highest BCUT2D eigenvalue weighted by Crippen LogP contribution is 2.20. The predicted molar refractivity (Wildman–Crippen MR) is 81.3 cm³/mol. The second-order valence-corrected chi connectivity index (χ2v) is 4.91. The average molecular weight is 282 g/mol. The molecule has 2 heterocycles. The largest absolute Gasteiger partial charge is 0.378 e. The van der Waals surface area contributed by atoms with E-state index in [1.54, 1.807) is 12.7 Å². The van der Waals surface area contributed by atoms with Gasteiger partial charge in [-0.15, -0.1) is 10.2 Å². The molecule has 6 nitrogen and oxygen atoms in total. The molecule has 0 aliphatic carbocycles. The molecule has 0 saturated heterocycles. The number of anilines is 1. The van der Waals surface area contributed by atoms with E-state index in [4.69, 9.17) is 0 Å². The summed E-state index contributed by atoms with van der Waals surface area (Å²) in [6.45, 7) is 5.09. The number of benzene rings is 1. The van der Waals surface area contributed by atoms with E-state index < -0.39 is 0 Å². The average Bonchev–Trinajstić information content (AvgIpc) is 3.19. The summed E-state index contributed by atoms with van der Waals surface area (Å²) >= 11 is 0. The van der Waals surface area contributed by atoms with Crippen LogP contribution in [0, 0.1) is 0 Å². The first-order valence-corrected chi connectivity index (χ1v) is 7.00. The predicted octanol–water partition coefficient (Wildman–Crippen LogP) is 2.66. The molecule has 1 aromatic carbocycles. The van der Waals surface area contributed by atoms with Crippen molar-refractivity contribution >= 4 is 5.69 Å². The maximum atomic E-state index is 4.31. The standard InChI is InChI=1S/C15H18N6/c1-3-21-9-13(8-18-21)12(2)19-14-5-4-6-15(7-14)20-10-16-17-11-20/h4-12,19H,3H2,1-2H3. The van der Waals surface area contributed by atoms with E-state index in [-0.39, 0.29) is 6.04 Å². The second kappa shape index (κ2) is 5.78. The quantitative estimate of drug-likeness (QED) is 0.781. The van der Waals surface area contributed by atoms with Crippen LogP contribution in [0.4, 0.5) is 5.69 Å². The van der Waals surface area contributed by atoms with Gasteiger partial charge in [-0.25, -0.2) is 0 Å². The Morgan fingerprint density at radius 3 is 2.76 bits per heavy atom. The monoisotopic (exact) mass is 282 g/mol. The summed E-state index contributed by atoms with van der Waals surface area (Å²) in [5.74, 6) is 0. The van der Waals surface area contributed by atoms with Crippen molar-refractivity contribution in [3.8, 4) is 5.69 Å². The van der Waals surface area contributed by atoms with E-state index in [2.05, 4.69) is 52.8 Å². The van der Waals surface area contributed by atoms with Gasteiger partial charge >= 0.3 is 0 Å². The van der Waals surface area contributed by atoms with Crippen LogP contribution in [-0.2, 0) is 6.54 Å². The van der Waals surface area contributed by atoms with E-state index >= 15 is 0 Å². The zero-order chi connectivity index (χ0) is 14.7. The van der Waals surface area contributed by atoms with Crippen LogP contribution in [0.25, 0.3) is 5.69 Å². The smallest absolute Gasteiger partial charge is 0.123 e. The molecule has 1 N–H and O–H groups in total. The minimum Gasteiger partial charge on any atom is -0.378 e. The minimum atomic E-state index is 0.196. The van der Waals surface area contributed by atoms with Gasteiger partial charge in [0.15, 0.2) is 0 Å². The van der Waals surface area contributed by atoms with Gasteiger partial charge in [0.05, 0.1) is 17.9 Å². The van der Waals surface area contributed by atoms with Gasteiger partial charge in [0.2, 0.25) is 0 Å². The number of rotatable bonds is 5. The first kappa shape index (κ1) is 13.4. The summed E-state index contributed by atoms with van der Waals surface area (Å²) in [6.07, 6.45) is 7.35. The van der Waals surface area contributed by atoms with Crippen molar-refractivity contribution in [2.45, 2.75) is 26.4 Å². The minimum absolute atomic E-state index is 0.196. The summed E-state index contributed by atoms with van der Waals surface area (Å²) in [5.41, 5.74) is 3.26. The van der Waals surface area contributed by atoms with Crippen molar-refractivity contribution in [1.82, 2.24) is 24.5 Å². The molecule has 6 heteroatoms. The maximum Gasteiger partial charge on any atom is 0.123 e. The normalized spacial score (nSPS) is 12.3.